The van der Waals surface area contributed by atoms with E-state index < -0.39 is 23.8 Å². The van der Waals surface area contributed by atoms with Crippen molar-refractivity contribution in [2.75, 3.05) is 45.9 Å². The summed E-state index contributed by atoms with van der Waals surface area (Å²) >= 11 is 0. The van der Waals surface area contributed by atoms with Crippen molar-refractivity contribution in [2.45, 2.75) is 52.3 Å². The van der Waals surface area contributed by atoms with Crippen LogP contribution in [0, 0.1) is 0 Å². The molecule has 0 aromatic heterocycles. The Morgan fingerprint density at radius 3 is 2.23 bits per heavy atom. The second-order valence-corrected chi connectivity index (χ2v) is 11.0. The van der Waals surface area contributed by atoms with E-state index in [1.807, 2.05) is 31.2 Å². The SMILES string of the molecule is CCOC(=O)C1=C(CN2CCCN(C(=O)c3ccc(C(F)(F)F)cc3)CC2)N(CC)C(=O)NC1c1ccc(C(C)C)cc1. The minimum atomic E-state index is -4.47. The van der Waals surface area contributed by atoms with E-state index in [9.17, 15) is 27.6 Å². The average molecular weight is 601 g/mol. The number of ether oxygens (including phenoxy) is 1. The lowest BCUT2D eigenvalue weighted by atomic mass is 9.92. The number of alkyl halides is 3. The van der Waals surface area contributed by atoms with Crippen LogP contribution in [0.25, 0.3) is 0 Å². The second-order valence-electron chi connectivity index (χ2n) is 11.0. The summed E-state index contributed by atoms with van der Waals surface area (Å²) in [6.45, 7) is 10.4. The number of hydrogen-bond donors (Lipinski definition) is 1. The highest BCUT2D eigenvalue weighted by atomic mass is 19.4. The maximum absolute atomic E-state index is 13.4. The fourth-order valence-corrected chi connectivity index (χ4v) is 5.51. The van der Waals surface area contributed by atoms with E-state index in [1.54, 1.807) is 16.7 Å². The Hall–Kier alpha value is -3.86. The molecule has 0 spiro atoms. The standard InChI is InChI=1S/C32H39F3N4O4/c1-5-39-26(27(30(41)43-6-2)28(36-31(39)42)23-10-8-22(9-11-23)21(3)4)20-37-16-7-17-38(19-18-37)29(40)24-12-14-25(15-13-24)32(33,34)35/h8-15,21,28H,5-7,16-20H2,1-4H3,(H,36,42). The predicted molar refractivity (Wildman–Crippen MR) is 156 cm³/mol. The number of halogens is 3. The first-order valence-electron chi connectivity index (χ1n) is 14.7. The summed E-state index contributed by atoms with van der Waals surface area (Å²) in [5, 5.41) is 2.99. The number of nitrogens with zero attached hydrogens (tertiary/aromatic N) is 3. The minimum absolute atomic E-state index is 0.180. The molecule has 232 valence electrons. The molecule has 1 fully saturated rings. The third-order valence-electron chi connectivity index (χ3n) is 7.89. The van der Waals surface area contributed by atoms with Crippen LogP contribution in [0.1, 0.15) is 73.1 Å². The summed E-state index contributed by atoms with van der Waals surface area (Å²) in [5.41, 5.74) is 2.25. The monoisotopic (exact) mass is 600 g/mol. The summed E-state index contributed by atoms with van der Waals surface area (Å²) < 4.78 is 44.4. The van der Waals surface area contributed by atoms with Crippen molar-refractivity contribution in [3.8, 4) is 0 Å². The summed E-state index contributed by atoms with van der Waals surface area (Å²) in [5.74, 6) is -0.503. The molecular weight excluding hydrogens is 561 g/mol. The number of rotatable bonds is 8. The van der Waals surface area contributed by atoms with Gasteiger partial charge in [-0.05, 0) is 61.6 Å². The van der Waals surface area contributed by atoms with Gasteiger partial charge in [0.1, 0.15) is 0 Å². The quantitative estimate of drug-likeness (QED) is 0.400. The predicted octanol–water partition coefficient (Wildman–Crippen LogP) is 5.58. The van der Waals surface area contributed by atoms with Gasteiger partial charge in [0.2, 0.25) is 0 Å². The summed E-state index contributed by atoms with van der Waals surface area (Å²) in [6.07, 6.45) is -3.85. The Balaban J connectivity index is 1.59. The largest absolute Gasteiger partial charge is 0.463 e. The van der Waals surface area contributed by atoms with Crippen LogP contribution in [-0.2, 0) is 15.7 Å². The van der Waals surface area contributed by atoms with E-state index in [1.165, 1.54) is 12.1 Å². The van der Waals surface area contributed by atoms with Gasteiger partial charge in [0.05, 0.1) is 23.8 Å². The van der Waals surface area contributed by atoms with E-state index in [4.69, 9.17) is 4.74 Å². The Kier molecular flexibility index (Phi) is 10.2. The molecule has 2 aliphatic rings. The molecule has 1 atom stereocenters. The zero-order valence-corrected chi connectivity index (χ0v) is 25.0. The maximum atomic E-state index is 13.4. The zero-order valence-electron chi connectivity index (χ0n) is 25.0. The average Bonchev–Trinajstić information content (AvgIpc) is 3.22. The molecular formula is C32H39F3N4O4. The summed E-state index contributed by atoms with van der Waals surface area (Å²) in [7, 11) is 0. The van der Waals surface area contributed by atoms with Gasteiger partial charge in [0.15, 0.2) is 0 Å². The fourth-order valence-electron chi connectivity index (χ4n) is 5.51. The van der Waals surface area contributed by atoms with Gasteiger partial charge in [-0.2, -0.15) is 13.2 Å². The molecule has 0 aliphatic carbocycles. The van der Waals surface area contributed by atoms with Crippen LogP contribution < -0.4 is 5.32 Å². The number of hydrogen-bond acceptors (Lipinski definition) is 5. The topological polar surface area (TPSA) is 82.2 Å². The number of esters is 1. The normalized spacial score (nSPS) is 18.5. The summed E-state index contributed by atoms with van der Waals surface area (Å²) in [4.78, 5) is 45.1. The highest BCUT2D eigenvalue weighted by molar-refractivity contribution is 5.95. The second kappa shape index (κ2) is 13.6. The van der Waals surface area contributed by atoms with Crippen LogP contribution in [0.4, 0.5) is 18.0 Å². The van der Waals surface area contributed by atoms with Gasteiger partial charge in [-0.15, -0.1) is 0 Å². The van der Waals surface area contributed by atoms with Crippen LogP contribution >= 0.6 is 0 Å². The van der Waals surface area contributed by atoms with E-state index in [0.29, 0.717) is 56.3 Å². The minimum Gasteiger partial charge on any atom is -0.463 e. The Morgan fingerprint density at radius 2 is 1.65 bits per heavy atom. The van der Waals surface area contributed by atoms with Crippen molar-refractivity contribution in [1.29, 1.82) is 0 Å². The van der Waals surface area contributed by atoms with Gasteiger partial charge in [-0.1, -0.05) is 38.1 Å². The number of benzene rings is 2. The molecule has 8 nitrogen and oxygen atoms in total. The van der Waals surface area contributed by atoms with Crippen molar-refractivity contribution in [1.82, 2.24) is 20.0 Å². The smallest absolute Gasteiger partial charge is 0.416 e. The van der Waals surface area contributed by atoms with E-state index in [2.05, 4.69) is 24.1 Å². The van der Waals surface area contributed by atoms with Crippen LogP contribution in [0.3, 0.4) is 0 Å². The zero-order chi connectivity index (χ0) is 31.3. The van der Waals surface area contributed by atoms with Crippen molar-refractivity contribution >= 4 is 17.9 Å². The van der Waals surface area contributed by atoms with E-state index in [-0.39, 0.29) is 30.7 Å². The highest BCUT2D eigenvalue weighted by Gasteiger charge is 2.38. The number of urea groups is 1. The van der Waals surface area contributed by atoms with Crippen molar-refractivity contribution in [3.05, 3.63) is 82.1 Å². The number of nitrogens with one attached hydrogen (secondary N) is 1. The van der Waals surface area contributed by atoms with Crippen LogP contribution in [0.2, 0.25) is 0 Å². The molecule has 2 aromatic rings. The lowest BCUT2D eigenvalue weighted by Gasteiger charge is -2.38. The van der Waals surface area contributed by atoms with Gasteiger partial charge in [0.25, 0.3) is 5.91 Å². The molecule has 0 radical (unpaired) electrons. The molecule has 1 saturated heterocycles. The van der Waals surface area contributed by atoms with Gasteiger partial charge < -0.3 is 15.0 Å². The first kappa shape index (κ1) is 32.1. The number of carbonyl (C=O) groups is 3. The fraction of sp³-hybridized carbons (Fsp3) is 0.469. The van der Waals surface area contributed by atoms with Gasteiger partial charge >= 0.3 is 18.2 Å². The molecule has 11 heteroatoms. The van der Waals surface area contributed by atoms with E-state index >= 15 is 0 Å². The van der Waals surface area contributed by atoms with Crippen molar-refractivity contribution < 1.29 is 32.3 Å². The molecule has 2 aliphatic heterocycles. The van der Waals surface area contributed by atoms with Crippen molar-refractivity contribution in [2.24, 2.45) is 0 Å². The van der Waals surface area contributed by atoms with Crippen LogP contribution in [0.5, 0.6) is 0 Å². The Labute approximate surface area is 250 Å². The lowest BCUT2D eigenvalue weighted by Crippen LogP contribution is -2.51. The maximum Gasteiger partial charge on any atom is 0.416 e. The van der Waals surface area contributed by atoms with Gasteiger partial charge in [-0.3, -0.25) is 14.6 Å². The third-order valence-corrected chi connectivity index (χ3v) is 7.89. The molecule has 3 amide bonds. The molecule has 1 unspecified atom stereocenters. The Bertz CT molecular complexity index is 1340. The molecule has 2 aromatic carbocycles. The Morgan fingerprint density at radius 1 is 0.977 bits per heavy atom. The lowest BCUT2D eigenvalue weighted by molar-refractivity contribution is -0.139. The molecule has 2 heterocycles. The first-order valence-corrected chi connectivity index (χ1v) is 14.7. The van der Waals surface area contributed by atoms with Crippen molar-refractivity contribution in [3.63, 3.8) is 0 Å². The van der Waals surface area contributed by atoms with Gasteiger partial charge in [0, 0.05) is 50.5 Å². The number of amides is 3. The number of carbonyl (C=O) groups excluding carboxylic acids is 3. The van der Waals surface area contributed by atoms with E-state index in [0.717, 1.165) is 23.3 Å². The first-order chi connectivity index (χ1) is 20.4. The molecule has 4 rings (SSSR count). The third kappa shape index (κ3) is 7.38. The molecule has 0 bridgehead atoms. The molecule has 1 N–H and O–H groups in total. The summed E-state index contributed by atoms with van der Waals surface area (Å²) in [6, 6.07) is 11.1. The molecule has 0 saturated carbocycles. The highest BCUT2D eigenvalue weighted by Crippen LogP contribution is 2.33. The number of likely N-dealkylation sites (N-methyl/N-ethyl adjacent to an activating group) is 1. The molecule has 43 heavy (non-hydrogen) atoms. The van der Waals surface area contributed by atoms with Gasteiger partial charge in [-0.25, -0.2) is 9.59 Å². The van der Waals surface area contributed by atoms with Crippen LogP contribution in [0.15, 0.2) is 59.8 Å². The van der Waals surface area contributed by atoms with Crippen LogP contribution in [-0.4, -0.2) is 78.5 Å².